The highest BCUT2D eigenvalue weighted by Crippen LogP contribution is 2.25. The van der Waals surface area contributed by atoms with Crippen LogP contribution in [-0.4, -0.2) is 18.8 Å². The predicted octanol–water partition coefficient (Wildman–Crippen LogP) is 3.16. The normalized spacial score (nSPS) is 23.4. The van der Waals surface area contributed by atoms with Gasteiger partial charge in [-0.1, -0.05) is 11.6 Å². The Hall–Kier alpha value is -1.24. The fourth-order valence-electron chi connectivity index (χ4n) is 1.90. The van der Waals surface area contributed by atoms with Crippen LogP contribution in [0.1, 0.15) is 25.3 Å². The first kappa shape index (κ1) is 12.2. The van der Waals surface area contributed by atoms with Gasteiger partial charge in [0.2, 0.25) is 0 Å². The molecule has 1 aromatic rings. The lowest BCUT2D eigenvalue weighted by atomic mass is 10.2. The first-order valence-corrected chi connectivity index (χ1v) is 6.04. The average Bonchev–Trinajstić information content (AvgIpc) is 2.73. The summed E-state index contributed by atoms with van der Waals surface area (Å²) in [5.41, 5.74) is 0.500. The lowest BCUT2D eigenvalue weighted by Crippen LogP contribution is -2.18. The molecule has 0 spiro atoms. The van der Waals surface area contributed by atoms with Crippen LogP contribution in [0.15, 0.2) is 18.2 Å². The second kappa shape index (κ2) is 5.39. The SMILES string of the molecule is CC1CCC(COc2cc(Cl)ccc2C#N)O1. The number of hydrogen-bond acceptors (Lipinski definition) is 3. The highest BCUT2D eigenvalue weighted by Gasteiger charge is 2.22. The molecule has 17 heavy (non-hydrogen) atoms. The molecule has 2 rings (SSSR count). The number of ether oxygens (including phenoxy) is 2. The van der Waals surface area contributed by atoms with Crippen molar-refractivity contribution in [2.45, 2.75) is 32.0 Å². The molecule has 1 aliphatic rings. The summed E-state index contributed by atoms with van der Waals surface area (Å²) >= 11 is 5.87. The van der Waals surface area contributed by atoms with Crippen molar-refractivity contribution in [3.8, 4) is 11.8 Å². The van der Waals surface area contributed by atoms with Crippen LogP contribution in [-0.2, 0) is 4.74 Å². The van der Waals surface area contributed by atoms with Crippen molar-refractivity contribution in [3.05, 3.63) is 28.8 Å². The minimum Gasteiger partial charge on any atom is -0.489 e. The number of nitriles is 1. The number of hydrogen-bond donors (Lipinski definition) is 0. The third-order valence-corrected chi connectivity index (χ3v) is 3.04. The van der Waals surface area contributed by atoms with Gasteiger partial charge in [-0.05, 0) is 31.9 Å². The fourth-order valence-corrected chi connectivity index (χ4v) is 2.06. The van der Waals surface area contributed by atoms with Crippen LogP contribution >= 0.6 is 11.6 Å². The van der Waals surface area contributed by atoms with Crippen LogP contribution in [0.4, 0.5) is 0 Å². The van der Waals surface area contributed by atoms with Gasteiger partial charge < -0.3 is 9.47 Å². The third kappa shape index (κ3) is 3.12. The Morgan fingerprint density at radius 3 is 3.00 bits per heavy atom. The minimum atomic E-state index is 0.121. The summed E-state index contributed by atoms with van der Waals surface area (Å²) < 4.78 is 11.3. The summed E-state index contributed by atoms with van der Waals surface area (Å²) in [4.78, 5) is 0. The molecule has 0 N–H and O–H groups in total. The van der Waals surface area contributed by atoms with E-state index in [0.717, 1.165) is 12.8 Å². The van der Waals surface area contributed by atoms with Gasteiger partial charge >= 0.3 is 0 Å². The maximum absolute atomic E-state index is 8.94. The monoisotopic (exact) mass is 251 g/mol. The molecule has 3 nitrogen and oxygen atoms in total. The van der Waals surface area contributed by atoms with E-state index in [-0.39, 0.29) is 6.10 Å². The average molecular weight is 252 g/mol. The van der Waals surface area contributed by atoms with E-state index in [1.165, 1.54) is 0 Å². The van der Waals surface area contributed by atoms with Crippen LogP contribution < -0.4 is 4.74 Å². The molecule has 1 aliphatic heterocycles. The Balaban J connectivity index is 1.99. The maximum Gasteiger partial charge on any atom is 0.138 e. The van der Waals surface area contributed by atoms with E-state index in [1.54, 1.807) is 18.2 Å². The second-order valence-corrected chi connectivity index (χ2v) is 4.65. The minimum absolute atomic E-state index is 0.121. The lowest BCUT2D eigenvalue weighted by Gasteiger charge is -2.13. The van der Waals surface area contributed by atoms with E-state index in [4.69, 9.17) is 26.3 Å². The highest BCUT2D eigenvalue weighted by atomic mass is 35.5. The molecule has 90 valence electrons. The summed E-state index contributed by atoms with van der Waals surface area (Å²) in [7, 11) is 0. The molecule has 0 aliphatic carbocycles. The largest absolute Gasteiger partial charge is 0.489 e. The summed E-state index contributed by atoms with van der Waals surface area (Å²) in [5.74, 6) is 0.531. The zero-order valence-electron chi connectivity index (χ0n) is 9.65. The van der Waals surface area contributed by atoms with Gasteiger partial charge in [0.1, 0.15) is 18.4 Å². The van der Waals surface area contributed by atoms with Crippen molar-refractivity contribution in [1.82, 2.24) is 0 Å². The summed E-state index contributed by atoms with van der Waals surface area (Å²) in [5, 5.41) is 9.51. The molecular formula is C13H14ClNO2. The number of halogens is 1. The van der Waals surface area contributed by atoms with E-state index in [1.807, 2.05) is 0 Å². The molecular weight excluding hydrogens is 238 g/mol. The molecule has 0 amide bonds. The molecule has 0 aromatic heterocycles. The molecule has 0 saturated carbocycles. The topological polar surface area (TPSA) is 42.2 Å². The molecule has 1 aromatic carbocycles. The predicted molar refractivity (Wildman–Crippen MR) is 65.2 cm³/mol. The van der Waals surface area contributed by atoms with Gasteiger partial charge in [0.15, 0.2) is 0 Å². The Morgan fingerprint density at radius 2 is 2.35 bits per heavy atom. The standard InChI is InChI=1S/C13H14ClNO2/c1-9-2-5-12(17-9)8-16-13-6-11(14)4-3-10(13)7-15/h3-4,6,9,12H,2,5,8H2,1H3. The van der Waals surface area contributed by atoms with Crippen molar-refractivity contribution in [2.24, 2.45) is 0 Å². The quantitative estimate of drug-likeness (QED) is 0.829. The van der Waals surface area contributed by atoms with E-state index < -0.39 is 0 Å². The van der Waals surface area contributed by atoms with E-state index in [0.29, 0.717) is 29.0 Å². The third-order valence-electron chi connectivity index (χ3n) is 2.81. The molecule has 0 radical (unpaired) electrons. The van der Waals surface area contributed by atoms with Crippen molar-refractivity contribution in [1.29, 1.82) is 5.26 Å². The van der Waals surface area contributed by atoms with Crippen LogP contribution in [0.2, 0.25) is 5.02 Å². The zero-order chi connectivity index (χ0) is 12.3. The van der Waals surface area contributed by atoms with E-state index in [2.05, 4.69) is 13.0 Å². The number of rotatable bonds is 3. The maximum atomic E-state index is 8.94. The van der Waals surface area contributed by atoms with Crippen molar-refractivity contribution >= 4 is 11.6 Å². The van der Waals surface area contributed by atoms with Gasteiger partial charge in [-0.25, -0.2) is 0 Å². The number of nitrogens with zero attached hydrogens (tertiary/aromatic N) is 1. The zero-order valence-corrected chi connectivity index (χ0v) is 10.4. The van der Waals surface area contributed by atoms with E-state index >= 15 is 0 Å². The fraction of sp³-hybridized carbons (Fsp3) is 0.462. The van der Waals surface area contributed by atoms with Gasteiger partial charge in [-0.3, -0.25) is 0 Å². The Kier molecular flexibility index (Phi) is 3.88. The van der Waals surface area contributed by atoms with Gasteiger partial charge in [0, 0.05) is 11.1 Å². The first-order valence-electron chi connectivity index (χ1n) is 5.67. The van der Waals surface area contributed by atoms with Crippen LogP contribution in [0.3, 0.4) is 0 Å². The Morgan fingerprint density at radius 1 is 1.53 bits per heavy atom. The summed E-state index contributed by atoms with van der Waals surface area (Å²) in [6.07, 6.45) is 2.49. The molecule has 4 heteroatoms. The number of benzene rings is 1. The van der Waals surface area contributed by atoms with Crippen LogP contribution in [0.25, 0.3) is 0 Å². The molecule has 1 saturated heterocycles. The van der Waals surface area contributed by atoms with E-state index in [9.17, 15) is 0 Å². The van der Waals surface area contributed by atoms with Gasteiger partial charge in [-0.2, -0.15) is 5.26 Å². The van der Waals surface area contributed by atoms with Crippen LogP contribution in [0.5, 0.6) is 5.75 Å². The first-order chi connectivity index (χ1) is 8.19. The second-order valence-electron chi connectivity index (χ2n) is 4.21. The van der Waals surface area contributed by atoms with Gasteiger partial charge in [0.05, 0.1) is 17.8 Å². The van der Waals surface area contributed by atoms with Crippen molar-refractivity contribution in [3.63, 3.8) is 0 Å². The van der Waals surface area contributed by atoms with Gasteiger partial charge in [0.25, 0.3) is 0 Å². The lowest BCUT2D eigenvalue weighted by molar-refractivity contribution is 0.0264. The highest BCUT2D eigenvalue weighted by molar-refractivity contribution is 6.30. The van der Waals surface area contributed by atoms with Crippen molar-refractivity contribution in [2.75, 3.05) is 6.61 Å². The molecule has 1 heterocycles. The Labute approximate surface area is 106 Å². The molecule has 2 unspecified atom stereocenters. The summed E-state index contributed by atoms with van der Waals surface area (Å²) in [6.45, 7) is 2.53. The van der Waals surface area contributed by atoms with Gasteiger partial charge in [-0.15, -0.1) is 0 Å². The summed E-state index contributed by atoms with van der Waals surface area (Å²) in [6, 6.07) is 7.09. The smallest absolute Gasteiger partial charge is 0.138 e. The molecule has 0 bridgehead atoms. The van der Waals surface area contributed by atoms with Crippen molar-refractivity contribution < 1.29 is 9.47 Å². The van der Waals surface area contributed by atoms with Crippen LogP contribution in [0, 0.1) is 11.3 Å². The molecule has 2 atom stereocenters. The molecule has 1 fully saturated rings. The Bertz CT molecular complexity index is 442.